The zero-order valence-electron chi connectivity index (χ0n) is 9.71. The third kappa shape index (κ3) is 24.1. The molecule has 4 heteroatoms. The summed E-state index contributed by atoms with van der Waals surface area (Å²) in [5.41, 5.74) is 0. The molecule has 0 atom stereocenters. The molecule has 2 rings (SSSR count). The molecule has 0 nitrogen and oxygen atoms in total. The van der Waals surface area contributed by atoms with Gasteiger partial charge in [-0.05, 0) is 0 Å². The number of halogens is 2. The molecule has 16 heavy (non-hydrogen) atoms. The zero-order chi connectivity index (χ0) is 9.78. The summed E-state index contributed by atoms with van der Waals surface area (Å²) in [6, 6.07) is 0. The SMILES string of the molecule is C[SiH]C.[C-]1=CC=CC1.[C-]1=CC=CC1.[Cl-].[Cl-].[Hf+4]. The standard InChI is InChI=1S/2C5H5.C2H7Si.2ClH.Hf/c2*1-2-4-5-3-1;1-3-2;;;/h2*1-3H,4H2;3H,1-2H3;2*1H;/q2*-1;;;;+4/p-2. The van der Waals surface area contributed by atoms with E-state index in [9.17, 15) is 0 Å². The molecule has 0 spiro atoms. The van der Waals surface area contributed by atoms with Gasteiger partial charge in [0.2, 0.25) is 0 Å². The second kappa shape index (κ2) is 24.7. The molecule has 0 aromatic heterocycles. The number of rotatable bonds is 0. The summed E-state index contributed by atoms with van der Waals surface area (Å²) in [7, 11) is 0.750. The van der Waals surface area contributed by atoms with E-state index in [-0.39, 0.29) is 50.7 Å². The molecule has 1 radical (unpaired) electrons. The van der Waals surface area contributed by atoms with Crippen LogP contribution in [0.5, 0.6) is 0 Å². The third-order valence-corrected chi connectivity index (χ3v) is 1.17. The van der Waals surface area contributed by atoms with Crippen molar-refractivity contribution in [2.75, 3.05) is 0 Å². The van der Waals surface area contributed by atoms with E-state index in [1.54, 1.807) is 0 Å². The Hall–Kier alpha value is 0.627. The third-order valence-electron chi connectivity index (χ3n) is 1.17. The van der Waals surface area contributed by atoms with Gasteiger partial charge in [0.25, 0.3) is 0 Å². The van der Waals surface area contributed by atoms with Crippen molar-refractivity contribution in [1.82, 2.24) is 0 Å². The van der Waals surface area contributed by atoms with Gasteiger partial charge in [0, 0.05) is 9.52 Å². The molecular weight excluding hydrogens is 422 g/mol. The van der Waals surface area contributed by atoms with Gasteiger partial charge in [0.05, 0.1) is 0 Å². The quantitative estimate of drug-likeness (QED) is 0.282. The maximum Gasteiger partial charge on any atom is 4.00 e. The average Bonchev–Trinajstić information content (AvgIpc) is 2.85. The molecule has 0 unspecified atom stereocenters. The fourth-order valence-electron chi connectivity index (χ4n) is 0.680. The van der Waals surface area contributed by atoms with Crippen LogP contribution in [0.3, 0.4) is 0 Å². The van der Waals surface area contributed by atoms with Gasteiger partial charge >= 0.3 is 25.8 Å². The summed E-state index contributed by atoms with van der Waals surface area (Å²) in [6.45, 7) is 4.42. The summed E-state index contributed by atoms with van der Waals surface area (Å²) < 4.78 is 0. The maximum absolute atomic E-state index is 2.99. The van der Waals surface area contributed by atoms with Gasteiger partial charge in [0.1, 0.15) is 0 Å². The molecule has 0 fully saturated rings. The van der Waals surface area contributed by atoms with Crippen LogP contribution < -0.4 is 24.8 Å². The van der Waals surface area contributed by atoms with E-state index in [0.717, 1.165) is 22.4 Å². The Morgan fingerprint density at radius 1 is 0.875 bits per heavy atom. The normalized spacial score (nSPS) is 12.1. The Kier molecular flexibility index (Phi) is 39.4. The van der Waals surface area contributed by atoms with E-state index < -0.39 is 0 Å². The first-order chi connectivity index (χ1) is 6.41. The molecule has 0 N–H and O–H groups in total. The maximum atomic E-state index is 2.99. The van der Waals surface area contributed by atoms with Crippen LogP contribution in [0.25, 0.3) is 0 Å². The van der Waals surface area contributed by atoms with Gasteiger partial charge in [-0.1, -0.05) is 13.1 Å². The molecule has 0 saturated heterocycles. The molecule has 87 valence electrons. The molecule has 0 amide bonds. The minimum atomic E-state index is 0. The van der Waals surface area contributed by atoms with Crippen LogP contribution in [-0.4, -0.2) is 9.52 Å². The van der Waals surface area contributed by atoms with Crippen molar-refractivity contribution in [3.05, 3.63) is 48.6 Å². The van der Waals surface area contributed by atoms with Crippen molar-refractivity contribution in [3.8, 4) is 0 Å². The van der Waals surface area contributed by atoms with E-state index >= 15 is 0 Å². The van der Waals surface area contributed by atoms with E-state index in [2.05, 4.69) is 37.4 Å². The smallest absolute Gasteiger partial charge is 1.00 e. The molecule has 2 aliphatic carbocycles. The first-order valence-corrected chi connectivity index (χ1v) is 6.90. The van der Waals surface area contributed by atoms with Crippen LogP contribution in [-0.2, 0) is 25.8 Å². The van der Waals surface area contributed by atoms with Crippen molar-refractivity contribution in [2.45, 2.75) is 25.9 Å². The van der Waals surface area contributed by atoms with E-state index in [1.165, 1.54) is 0 Å². The minimum Gasteiger partial charge on any atom is -1.00 e. The van der Waals surface area contributed by atoms with Crippen LogP contribution >= 0.6 is 0 Å². The van der Waals surface area contributed by atoms with Crippen LogP contribution in [0.2, 0.25) is 13.1 Å². The molecule has 2 aliphatic rings. The Bertz CT molecular complexity index is 169. The van der Waals surface area contributed by atoms with Crippen molar-refractivity contribution in [2.24, 2.45) is 0 Å². The molecular formula is C12H17Cl2HfSi. The van der Waals surface area contributed by atoms with E-state index in [0.29, 0.717) is 0 Å². The summed E-state index contributed by atoms with van der Waals surface area (Å²) in [5, 5.41) is 0. The van der Waals surface area contributed by atoms with E-state index in [1.807, 2.05) is 24.3 Å². The fourth-order valence-corrected chi connectivity index (χ4v) is 0.680. The second-order valence-corrected chi connectivity index (χ2v) is 3.74. The monoisotopic (exact) mass is 439 g/mol. The predicted octanol–water partition coefficient (Wildman–Crippen LogP) is -2.86. The van der Waals surface area contributed by atoms with Crippen LogP contribution in [0, 0.1) is 12.2 Å². The zero-order valence-corrected chi connectivity index (χ0v) is 16.0. The Labute approximate surface area is 134 Å². The topological polar surface area (TPSA) is 0 Å². The van der Waals surface area contributed by atoms with Crippen LogP contribution in [0.15, 0.2) is 36.5 Å². The summed E-state index contributed by atoms with van der Waals surface area (Å²) in [5.74, 6) is 0. The number of allylic oxidation sites excluding steroid dienone is 8. The molecule has 0 saturated carbocycles. The van der Waals surface area contributed by atoms with Gasteiger partial charge in [0.15, 0.2) is 0 Å². The summed E-state index contributed by atoms with van der Waals surface area (Å²) in [6.07, 6.45) is 20.0. The Balaban J connectivity index is -0.0000000638. The fraction of sp³-hybridized carbons (Fsp3) is 0.333. The van der Waals surface area contributed by atoms with Crippen LogP contribution in [0.1, 0.15) is 12.8 Å². The van der Waals surface area contributed by atoms with Gasteiger partial charge in [-0.15, -0.1) is 12.8 Å². The van der Waals surface area contributed by atoms with Crippen molar-refractivity contribution >= 4 is 9.52 Å². The van der Waals surface area contributed by atoms with E-state index in [4.69, 9.17) is 0 Å². The van der Waals surface area contributed by atoms with Gasteiger partial charge in [-0.25, -0.2) is 24.3 Å². The number of hydrogen-bond acceptors (Lipinski definition) is 0. The predicted molar refractivity (Wildman–Crippen MR) is 62.0 cm³/mol. The van der Waals surface area contributed by atoms with Crippen molar-refractivity contribution < 1.29 is 50.7 Å². The first kappa shape index (κ1) is 25.5. The summed E-state index contributed by atoms with van der Waals surface area (Å²) >= 11 is 0. The van der Waals surface area contributed by atoms with Gasteiger partial charge in [-0.3, -0.25) is 12.2 Å². The minimum absolute atomic E-state index is 0. The van der Waals surface area contributed by atoms with Crippen LogP contribution in [0.4, 0.5) is 0 Å². The Morgan fingerprint density at radius 2 is 1.19 bits per heavy atom. The Morgan fingerprint density at radius 3 is 1.25 bits per heavy atom. The van der Waals surface area contributed by atoms with Crippen molar-refractivity contribution in [1.29, 1.82) is 0 Å². The molecule has 0 heterocycles. The largest absolute Gasteiger partial charge is 4.00 e. The van der Waals surface area contributed by atoms with Gasteiger partial charge in [-0.2, -0.15) is 12.2 Å². The molecule has 0 aromatic carbocycles. The molecule has 0 bridgehead atoms. The second-order valence-electron chi connectivity index (χ2n) is 2.58. The van der Waals surface area contributed by atoms with Gasteiger partial charge < -0.3 is 24.8 Å². The molecule has 0 aromatic rings. The molecule has 0 aliphatic heterocycles. The number of hydrogen-bond donors (Lipinski definition) is 0. The average molecular weight is 439 g/mol. The van der Waals surface area contributed by atoms with Crippen molar-refractivity contribution in [3.63, 3.8) is 0 Å². The first-order valence-electron chi connectivity index (χ1n) is 4.59. The summed E-state index contributed by atoms with van der Waals surface area (Å²) in [4.78, 5) is 0.